The van der Waals surface area contributed by atoms with Crippen molar-refractivity contribution in [2.24, 2.45) is 4.99 Å². The Labute approximate surface area is 171 Å². The first kappa shape index (κ1) is 17.9. The second-order valence-electron chi connectivity index (χ2n) is 6.92. The Kier molecular flexibility index (Phi) is 4.40. The van der Waals surface area contributed by atoms with Gasteiger partial charge in [0, 0.05) is 0 Å². The van der Waals surface area contributed by atoms with Gasteiger partial charge in [0.05, 0.1) is 41.6 Å². The third-order valence-electron chi connectivity index (χ3n) is 4.90. The fourth-order valence-corrected chi connectivity index (χ4v) is 3.43. The van der Waals surface area contributed by atoms with Gasteiger partial charge in [-0.1, -0.05) is 35.5 Å². The van der Waals surface area contributed by atoms with Gasteiger partial charge in [0.15, 0.2) is 0 Å². The van der Waals surface area contributed by atoms with E-state index in [1.807, 2.05) is 42.5 Å². The normalized spacial score (nSPS) is 13.2. The summed E-state index contributed by atoms with van der Waals surface area (Å²) in [5.74, 6) is -0.431. The molecule has 2 heterocycles. The van der Waals surface area contributed by atoms with Crippen molar-refractivity contribution < 1.29 is 9.18 Å². The van der Waals surface area contributed by atoms with Gasteiger partial charge < -0.3 is 5.32 Å². The minimum atomic E-state index is -0.288. The number of nitrogens with zero attached hydrogens (tertiary/aromatic N) is 4. The molecule has 1 aromatic heterocycles. The lowest BCUT2D eigenvalue weighted by Gasteiger charge is -2.08. The predicted octanol–water partition coefficient (Wildman–Crippen LogP) is 4.54. The highest BCUT2D eigenvalue weighted by atomic mass is 19.1. The minimum absolute atomic E-state index is 0.144. The number of rotatable bonds is 3. The number of nitrogens with one attached hydrogen (secondary N) is 1. The number of amides is 1. The Morgan fingerprint density at radius 3 is 2.57 bits per heavy atom. The topological polar surface area (TPSA) is 72.2 Å². The molecule has 0 fully saturated rings. The third-order valence-corrected chi connectivity index (χ3v) is 4.90. The number of hydrogen-bond donors (Lipinski definition) is 1. The fraction of sp³-hybridized carbons (Fsp3) is 0.0435. The smallest absolute Gasteiger partial charge is 0.230 e. The van der Waals surface area contributed by atoms with E-state index in [4.69, 9.17) is 4.99 Å². The van der Waals surface area contributed by atoms with E-state index in [0.29, 0.717) is 17.1 Å². The van der Waals surface area contributed by atoms with Crippen LogP contribution in [0.4, 0.5) is 15.8 Å². The van der Waals surface area contributed by atoms with E-state index in [2.05, 4.69) is 15.6 Å². The minimum Gasteiger partial charge on any atom is -0.324 e. The van der Waals surface area contributed by atoms with Gasteiger partial charge in [-0.25, -0.2) is 9.07 Å². The molecule has 3 aromatic carbocycles. The molecule has 0 saturated carbocycles. The summed E-state index contributed by atoms with van der Waals surface area (Å²) in [6.45, 7) is 0. The first-order valence-electron chi connectivity index (χ1n) is 9.40. The molecule has 146 valence electrons. The van der Waals surface area contributed by atoms with Gasteiger partial charge in [-0.05, 0) is 53.1 Å². The maximum absolute atomic E-state index is 13.2. The van der Waals surface area contributed by atoms with Crippen LogP contribution in [0.3, 0.4) is 0 Å². The Morgan fingerprint density at radius 1 is 0.933 bits per heavy atom. The summed E-state index contributed by atoms with van der Waals surface area (Å²) in [4.78, 5) is 17.3. The van der Waals surface area contributed by atoms with Crippen molar-refractivity contribution in [1.29, 1.82) is 0 Å². The van der Waals surface area contributed by atoms with E-state index < -0.39 is 0 Å². The van der Waals surface area contributed by atoms with Crippen LogP contribution in [0.5, 0.6) is 0 Å². The first-order chi connectivity index (χ1) is 14.7. The van der Waals surface area contributed by atoms with Crippen molar-refractivity contribution in [1.82, 2.24) is 15.0 Å². The van der Waals surface area contributed by atoms with Crippen LogP contribution in [-0.2, 0) is 4.79 Å². The van der Waals surface area contributed by atoms with Crippen LogP contribution in [0.1, 0.15) is 12.0 Å². The van der Waals surface area contributed by atoms with E-state index in [1.165, 1.54) is 12.1 Å². The average molecular weight is 397 g/mol. The summed E-state index contributed by atoms with van der Waals surface area (Å²) in [5, 5.41) is 10.8. The molecule has 1 N–H and O–H groups in total. The SMILES string of the molecule is O=C1CC(c2cccc(-n3ccnn3)c2)=Nc2ccc(-c3ccc(F)cc3)cc2N1. The summed E-state index contributed by atoms with van der Waals surface area (Å²) in [5.41, 5.74) is 5.39. The van der Waals surface area contributed by atoms with E-state index in [-0.39, 0.29) is 18.1 Å². The van der Waals surface area contributed by atoms with Crippen LogP contribution in [0, 0.1) is 5.82 Å². The molecule has 0 saturated heterocycles. The molecule has 0 spiro atoms. The molecule has 0 aliphatic carbocycles. The molecule has 0 bridgehead atoms. The molecule has 4 aromatic rings. The lowest BCUT2D eigenvalue weighted by Crippen LogP contribution is -2.15. The number of hydrogen-bond acceptors (Lipinski definition) is 4. The van der Waals surface area contributed by atoms with Gasteiger partial charge in [0.25, 0.3) is 0 Å². The Bertz CT molecular complexity index is 1260. The number of carbonyl (C=O) groups is 1. The number of fused-ring (bicyclic) bond motifs is 1. The Balaban J connectivity index is 1.54. The second kappa shape index (κ2) is 7.36. The number of benzene rings is 3. The molecule has 7 heteroatoms. The van der Waals surface area contributed by atoms with Crippen LogP contribution in [0.25, 0.3) is 16.8 Å². The molecule has 5 rings (SSSR count). The van der Waals surface area contributed by atoms with Gasteiger partial charge in [-0.2, -0.15) is 0 Å². The molecule has 1 aliphatic rings. The number of aromatic nitrogens is 3. The van der Waals surface area contributed by atoms with Crippen molar-refractivity contribution in [2.45, 2.75) is 6.42 Å². The second-order valence-corrected chi connectivity index (χ2v) is 6.92. The Morgan fingerprint density at radius 2 is 1.77 bits per heavy atom. The largest absolute Gasteiger partial charge is 0.324 e. The molecule has 6 nitrogen and oxygen atoms in total. The monoisotopic (exact) mass is 397 g/mol. The number of carbonyl (C=O) groups excluding carboxylic acids is 1. The fourth-order valence-electron chi connectivity index (χ4n) is 3.43. The molecule has 0 atom stereocenters. The van der Waals surface area contributed by atoms with E-state index >= 15 is 0 Å². The number of halogens is 1. The van der Waals surface area contributed by atoms with Crippen molar-refractivity contribution in [3.63, 3.8) is 0 Å². The van der Waals surface area contributed by atoms with Crippen molar-refractivity contribution >= 4 is 23.0 Å². The van der Waals surface area contributed by atoms with Gasteiger partial charge in [0.1, 0.15) is 5.82 Å². The molecular formula is C23H16FN5O. The lowest BCUT2D eigenvalue weighted by atomic mass is 10.0. The van der Waals surface area contributed by atoms with Gasteiger partial charge >= 0.3 is 0 Å². The maximum atomic E-state index is 13.2. The lowest BCUT2D eigenvalue weighted by molar-refractivity contribution is -0.115. The zero-order chi connectivity index (χ0) is 20.5. The summed E-state index contributed by atoms with van der Waals surface area (Å²) < 4.78 is 14.9. The summed E-state index contributed by atoms with van der Waals surface area (Å²) in [6, 6.07) is 19.5. The van der Waals surface area contributed by atoms with Crippen LogP contribution >= 0.6 is 0 Å². The van der Waals surface area contributed by atoms with Crippen molar-refractivity contribution in [3.05, 3.63) is 90.5 Å². The van der Waals surface area contributed by atoms with Crippen LogP contribution in [-0.4, -0.2) is 26.6 Å². The molecule has 0 radical (unpaired) electrons. The Hall–Kier alpha value is -4.13. The zero-order valence-electron chi connectivity index (χ0n) is 15.8. The summed E-state index contributed by atoms with van der Waals surface area (Å²) in [7, 11) is 0. The van der Waals surface area contributed by atoms with E-state index in [1.54, 1.807) is 29.2 Å². The molecule has 1 aliphatic heterocycles. The highest BCUT2D eigenvalue weighted by Crippen LogP contribution is 2.33. The summed E-state index contributed by atoms with van der Waals surface area (Å²) >= 11 is 0. The zero-order valence-corrected chi connectivity index (χ0v) is 15.8. The number of aliphatic imine (C=N–C) groups is 1. The third kappa shape index (κ3) is 3.48. The van der Waals surface area contributed by atoms with Gasteiger partial charge in [-0.15, -0.1) is 5.10 Å². The molecular weight excluding hydrogens is 381 g/mol. The molecule has 30 heavy (non-hydrogen) atoms. The predicted molar refractivity (Wildman–Crippen MR) is 113 cm³/mol. The van der Waals surface area contributed by atoms with Crippen molar-refractivity contribution in [2.75, 3.05) is 5.32 Å². The number of anilines is 1. The highest BCUT2D eigenvalue weighted by Gasteiger charge is 2.18. The van der Waals surface area contributed by atoms with Gasteiger partial charge in [-0.3, -0.25) is 9.79 Å². The maximum Gasteiger partial charge on any atom is 0.230 e. The standard InChI is InChI=1S/C23H16FN5O/c24-18-7-4-15(5-8-18)16-6-9-20-22(13-16)27-23(30)14-21(26-20)17-2-1-3-19(12-17)29-11-10-25-28-29/h1-13H,14H2,(H,27,30). The summed E-state index contributed by atoms with van der Waals surface area (Å²) in [6.07, 6.45) is 3.52. The molecule has 0 unspecified atom stereocenters. The van der Waals surface area contributed by atoms with Crippen molar-refractivity contribution in [3.8, 4) is 16.8 Å². The van der Waals surface area contributed by atoms with Crippen LogP contribution in [0.15, 0.2) is 84.1 Å². The van der Waals surface area contributed by atoms with Gasteiger partial charge in [0.2, 0.25) is 5.91 Å². The van der Waals surface area contributed by atoms with E-state index in [9.17, 15) is 9.18 Å². The van der Waals surface area contributed by atoms with Crippen LogP contribution < -0.4 is 5.32 Å². The quantitative estimate of drug-likeness (QED) is 0.552. The average Bonchev–Trinajstić information content (AvgIpc) is 3.24. The first-order valence-corrected chi connectivity index (χ1v) is 9.40. The highest BCUT2D eigenvalue weighted by molar-refractivity contribution is 6.17. The molecule has 1 amide bonds. The van der Waals surface area contributed by atoms with Crippen LogP contribution in [0.2, 0.25) is 0 Å². The van der Waals surface area contributed by atoms with E-state index in [0.717, 1.165) is 22.4 Å².